The molecule has 1 saturated heterocycles. The number of hydrogen-bond acceptors (Lipinski definition) is 7. The summed E-state index contributed by atoms with van der Waals surface area (Å²) < 4.78 is 6.67. The zero-order chi connectivity index (χ0) is 22.9. The van der Waals surface area contributed by atoms with Crippen molar-refractivity contribution in [2.75, 3.05) is 11.5 Å². The molecule has 172 valence electrons. The second-order valence-electron chi connectivity index (χ2n) is 8.33. The average molecular weight is 490 g/mol. The first-order chi connectivity index (χ1) is 14.5. The van der Waals surface area contributed by atoms with Crippen LogP contribution < -0.4 is 10.6 Å². The van der Waals surface area contributed by atoms with Crippen molar-refractivity contribution in [3.05, 3.63) is 10.3 Å². The van der Waals surface area contributed by atoms with Crippen molar-refractivity contribution in [2.24, 2.45) is 0 Å². The van der Waals surface area contributed by atoms with E-state index in [1.807, 2.05) is 5.41 Å². The zero-order valence-electron chi connectivity index (χ0n) is 17.8. The number of β-lactam (4-membered cyclic amide) rings is 1. The van der Waals surface area contributed by atoms with Gasteiger partial charge in [-0.15, -0.1) is 23.5 Å². The van der Waals surface area contributed by atoms with Gasteiger partial charge in [-0.2, -0.15) is 0 Å². The predicted octanol–water partition coefficient (Wildman–Crippen LogP) is 2.74. The number of fused-ring (bicyclic) bond motifs is 1. The van der Waals surface area contributed by atoms with Gasteiger partial charge in [-0.1, -0.05) is 0 Å². The molecule has 31 heavy (non-hydrogen) atoms. The largest absolute Gasteiger partial charge is 0.472 e. The molecule has 3 rings (SSSR count). The number of ether oxygens (including phenoxy) is 1. The van der Waals surface area contributed by atoms with Gasteiger partial charge in [0.25, 0.3) is 5.91 Å². The Morgan fingerprint density at radius 3 is 2.61 bits per heavy atom. The van der Waals surface area contributed by atoms with Crippen molar-refractivity contribution in [3.8, 4) is 0 Å². The summed E-state index contributed by atoms with van der Waals surface area (Å²) in [5.41, 5.74) is -0.721. The van der Waals surface area contributed by atoms with Crippen molar-refractivity contribution in [3.63, 3.8) is 0 Å². The third-order valence-electron chi connectivity index (χ3n) is 4.83. The van der Waals surface area contributed by atoms with Crippen LogP contribution >= 0.6 is 34.2 Å². The molecule has 0 radical (unpaired) electrons. The Bertz CT molecular complexity index is 866. The maximum absolute atomic E-state index is 13.1. The molecule has 3 amide bonds. The molecule has 0 saturated carbocycles. The molecule has 4 atom stereocenters. The lowest BCUT2D eigenvalue weighted by Gasteiger charge is -2.50. The van der Waals surface area contributed by atoms with Crippen molar-refractivity contribution < 1.29 is 29.0 Å². The quantitative estimate of drug-likeness (QED) is 0.407. The number of nitrogens with zero attached hydrogens (tertiary/aromatic N) is 1. The highest BCUT2D eigenvalue weighted by Gasteiger charge is 2.53. The molecule has 0 aromatic rings. The summed E-state index contributed by atoms with van der Waals surface area (Å²) in [6.45, 7) is 6.94. The normalized spacial score (nSPS) is 26.8. The van der Waals surface area contributed by atoms with Gasteiger partial charge in [-0.25, -0.2) is 9.59 Å². The van der Waals surface area contributed by atoms with Gasteiger partial charge in [0, 0.05) is 27.1 Å². The predicted molar refractivity (Wildman–Crippen MR) is 124 cm³/mol. The van der Waals surface area contributed by atoms with Crippen molar-refractivity contribution in [1.82, 2.24) is 14.9 Å². The summed E-state index contributed by atoms with van der Waals surface area (Å²) in [7, 11) is -1.27. The zero-order valence-corrected chi connectivity index (χ0v) is 20.2. The van der Waals surface area contributed by atoms with Crippen LogP contribution in [-0.4, -0.2) is 72.7 Å². The highest BCUT2D eigenvalue weighted by molar-refractivity contribution is 8.26. The molecule has 0 spiro atoms. The lowest BCUT2D eigenvalue weighted by atomic mass is 9.93. The molecule has 4 unspecified atom stereocenters. The van der Waals surface area contributed by atoms with Crippen LogP contribution in [0.4, 0.5) is 9.59 Å². The van der Waals surface area contributed by atoms with Gasteiger partial charge in [-0.3, -0.25) is 13.9 Å². The van der Waals surface area contributed by atoms with Crippen LogP contribution in [0.3, 0.4) is 0 Å². The van der Waals surface area contributed by atoms with E-state index >= 15 is 0 Å². The maximum atomic E-state index is 13.1. The Labute approximate surface area is 192 Å². The molecule has 0 aliphatic carbocycles. The number of carboxylic acid groups (broad SMARTS) is 1. The van der Waals surface area contributed by atoms with E-state index in [1.54, 1.807) is 39.5 Å². The van der Waals surface area contributed by atoms with E-state index in [9.17, 15) is 24.3 Å². The van der Waals surface area contributed by atoms with Crippen molar-refractivity contribution in [1.29, 1.82) is 0 Å². The summed E-state index contributed by atoms with van der Waals surface area (Å²) in [6.07, 6.45) is 0.464. The minimum absolute atomic E-state index is 0.357. The smallest absolute Gasteiger partial charge is 0.408 e. The molecular weight excluding hydrogens is 462 g/mol. The molecule has 0 aromatic carbocycles. The standard InChI is InChI=1S/C19H27N3O6S3/c1-10-5-6-11-13(16(24)22(11)31(10)18(26)27)20-15(23)14(12-9-29-7-8-30-12)21-17(25)28-19(2,3)4/h9,11,13-14H,5-8H2,1-4H3,(H,20,23)(H,21,25)(H,26,27). The van der Waals surface area contributed by atoms with Crippen LogP contribution in [-0.2, 0) is 14.3 Å². The fourth-order valence-electron chi connectivity index (χ4n) is 3.50. The summed E-state index contributed by atoms with van der Waals surface area (Å²) in [4.78, 5) is 51.2. The van der Waals surface area contributed by atoms with Crippen LogP contribution in [0.15, 0.2) is 10.3 Å². The number of rotatable bonds is 4. The molecule has 0 aromatic heterocycles. The molecular formula is C19H27N3O6S3. The summed E-state index contributed by atoms with van der Waals surface area (Å²) in [5, 5.41) is 15.7. The van der Waals surface area contributed by atoms with E-state index < -0.39 is 51.6 Å². The minimum atomic E-state index is -1.27. The van der Waals surface area contributed by atoms with E-state index in [2.05, 4.69) is 10.6 Å². The lowest BCUT2D eigenvalue weighted by Crippen LogP contribution is -2.71. The van der Waals surface area contributed by atoms with Crippen molar-refractivity contribution >= 4 is 62.3 Å². The van der Waals surface area contributed by atoms with E-state index in [0.717, 1.165) is 16.4 Å². The number of carbonyl (C=O) groups is 4. The lowest BCUT2D eigenvalue weighted by molar-refractivity contribution is -0.145. The Morgan fingerprint density at radius 1 is 1.32 bits per heavy atom. The van der Waals surface area contributed by atoms with Crippen LogP contribution in [0.1, 0.15) is 40.5 Å². The third kappa shape index (κ3) is 5.40. The molecule has 3 aliphatic rings. The van der Waals surface area contributed by atoms with E-state index in [0.29, 0.717) is 17.7 Å². The van der Waals surface area contributed by atoms with Gasteiger partial charge in [0.2, 0.25) is 5.91 Å². The molecule has 3 N–H and O–H groups in total. The monoisotopic (exact) mass is 489 g/mol. The number of amides is 3. The average Bonchev–Trinajstić information content (AvgIpc) is 2.69. The number of carbonyl (C=O) groups excluding carboxylic acids is 3. The second kappa shape index (κ2) is 9.45. The first-order valence-electron chi connectivity index (χ1n) is 9.87. The molecule has 12 heteroatoms. The fourth-order valence-corrected chi connectivity index (χ4v) is 7.58. The van der Waals surface area contributed by atoms with E-state index in [-0.39, 0.29) is 6.04 Å². The Hall–Kier alpha value is -1.66. The van der Waals surface area contributed by atoms with Gasteiger partial charge in [0.1, 0.15) is 17.7 Å². The maximum Gasteiger partial charge on any atom is 0.408 e. The molecule has 0 bridgehead atoms. The highest BCUT2D eigenvalue weighted by Crippen LogP contribution is 2.42. The van der Waals surface area contributed by atoms with Crippen LogP contribution in [0, 0.1) is 0 Å². The van der Waals surface area contributed by atoms with Crippen LogP contribution in [0.2, 0.25) is 0 Å². The Kier molecular flexibility index (Phi) is 7.32. The summed E-state index contributed by atoms with van der Waals surface area (Å²) in [6, 6.07) is -2.13. The van der Waals surface area contributed by atoms with E-state index in [4.69, 9.17) is 4.74 Å². The van der Waals surface area contributed by atoms with Crippen LogP contribution in [0.5, 0.6) is 0 Å². The van der Waals surface area contributed by atoms with E-state index in [1.165, 1.54) is 16.1 Å². The topological polar surface area (TPSA) is 125 Å². The van der Waals surface area contributed by atoms with Gasteiger partial charge in [0.05, 0.1) is 6.04 Å². The van der Waals surface area contributed by atoms with Gasteiger partial charge < -0.3 is 20.5 Å². The molecule has 3 aliphatic heterocycles. The molecule has 3 heterocycles. The van der Waals surface area contributed by atoms with Crippen LogP contribution in [0.25, 0.3) is 0 Å². The molecule has 9 nitrogen and oxygen atoms in total. The summed E-state index contributed by atoms with van der Waals surface area (Å²) in [5.74, 6) is 0.789. The SMILES string of the molecule is CC1=S(C(=O)O)N2C(=O)C(NC(=O)C(NC(=O)OC(C)(C)C)C3=CSCCS3)C2CC1. The van der Waals surface area contributed by atoms with Gasteiger partial charge in [-0.05, 0) is 50.8 Å². The number of hydrogen-bond donors (Lipinski definition) is 3. The fraction of sp³-hybridized carbons (Fsp3) is 0.632. The highest BCUT2D eigenvalue weighted by atomic mass is 32.2. The summed E-state index contributed by atoms with van der Waals surface area (Å²) >= 11 is 3.03. The van der Waals surface area contributed by atoms with Gasteiger partial charge >= 0.3 is 11.4 Å². The Balaban J connectivity index is 1.74. The third-order valence-corrected chi connectivity index (χ3v) is 9.23. The van der Waals surface area contributed by atoms with Crippen molar-refractivity contribution in [2.45, 2.75) is 64.3 Å². The van der Waals surface area contributed by atoms with Gasteiger partial charge in [0.15, 0.2) is 0 Å². The first-order valence-corrected chi connectivity index (χ1v) is 13.1. The second-order valence-corrected chi connectivity index (χ2v) is 12.5. The first kappa shape index (κ1) is 24.0. The molecule has 1 fully saturated rings. The minimum Gasteiger partial charge on any atom is -0.472 e. The number of alkyl carbamates (subject to hydrolysis) is 1. The number of thioether (sulfide) groups is 2. The Morgan fingerprint density at radius 2 is 2.03 bits per heavy atom. The number of nitrogens with one attached hydrogen (secondary N) is 2.